The fourth-order valence-corrected chi connectivity index (χ4v) is 5.17. The minimum Gasteiger partial charge on any atom is -0.390 e. The summed E-state index contributed by atoms with van der Waals surface area (Å²) < 4.78 is 0. The Labute approximate surface area is 218 Å². The molecule has 2 atom stereocenters. The van der Waals surface area contributed by atoms with Crippen molar-refractivity contribution in [3.8, 4) is 0 Å². The molecule has 0 spiro atoms. The second-order valence-electron chi connectivity index (χ2n) is 11.1. The van der Waals surface area contributed by atoms with E-state index in [0.29, 0.717) is 30.4 Å². The Morgan fingerprint density at radius 2 is 1.51 bits per heavy atom. The van der Waals surface area contributed by atoms with Crippen molar-refractivity contribution in [3.63, 3.8) is 0 Å². The van der Waals surface area contributed by atoms with Gasteiger partial charge in [0.25, 0.3) is 0 Å². The summed E-state index contributed by atoms with van der Waals surface area (Å²) in [6.07, 6.45) is 2.07. The second kappa shape index (κ2) is 16.4. The smallest absolute Gasteiger partial charge is 0.246 e. The third-order valence-electron chi connectivity index (χ3n) is 5.73. The Bertz CT molecular complexity index is 642. The minimum absolute atomic E-state index is 0.0264. The SMILES string of the molecule is CCCC(=O)N(C)[C@H](CSCCCN(CC(C)C)CC(C)C)C(=O)N(C)[C@@H](CC(C)(C)O)C(N)=O. The van der Waals surface area contributed by atoms with Crippen LogP contribution in [0.2, 0.25) is 0 Å². The van der Waals surface area contributed by atoms with Crippen molar-refractivity contribution in [1.29, 1.82) is 0 Å². The molecule has 0 aromatic rings. The highest BCUT2D eigenvalue weighted by molar-refractivity contribution is 7.99. The molecule has 0 aromatic heterocycles. The molecular weight excluding hydrogens is 464 g/mol. The van der Waals surface area contributed by atoms with Gasteiger partial charge in [-0.15, -0.1) is 0 Å². The maximum atomic E-state index is 13.5. The Morgan fingerprint density at radius 1 is 0.971 bits per heavy atom. The molecule has 0 aliphatic carbocycles. The normalized spacial score (nSPS) is 13.9. The Hall–Kier alpha value is -1.32. The Kier molecular flexibility index (Phi) is 15.8. The average molecular weight is 517 g/mol. The topological polar surface area (TPSA) is 107 Å². The molecule has 0 saturated carbocycles. The minimum atomic E-state index is -1.17. The van der Waals surface area contributed by atoms with Gasteiger partial charge in [-0.25, -0.2) is 0 Å². The summed E-state index contributed by atoms with van der Waals surface area (Å²) in [6, 6.07) is -1.65. The standard InChI is InChI=1S/C26H52N4O4S/c1-10-12-23(31)28(8)22(25(33)29(9)21(24(27)32)15-26(6,7)34)18-35-14-11-13-30(16-19(2)3)17-20(4)5/h19-22,34H,10-18H2,1-9H3,(H2,27,32)/t21-,22+/m0/s1. The number of nitrogens with zero attached hydrogens (tertiary/aromatic N) is 3. The first kappa shape index (κ1) is 33.7. The van der Waals surface area contributed by atoms with Crippen molar-refractivity contribution in [2.45, 2.75) is 91.8 Å². The predicted octanol–water partition coefficient (Wildman–Crippen LogP) is 2.82. The highest BCUT2D eigenvalue weighted by Gasteiger charge is 2.36. The lowest BCUT2D eigenvalue weighted by Crippen LogP contribution is -2.56. The van der Waals surface area contributed by atoms with E-state index >= 15 is 0 Å². The first-order valence-electron chi connectivity index (χ1n) is 12.9. The van der Waals surface area contributed by atoms with Crippen LogP contribution >= 0.6 is 11.8 Å². The van der Waals surface area contributed by atoms with Gasteiger partial charge in [0.1, 0.15) is 12.1 Å². The molecule has 0 rings (SSSR count). The molecule has 0 aromatic carbocycles. The van der Waals surface area contributed by atoms with E-state index in [1.54, 1.807) is 32.7 Å². The van der Waals surface area contributed by atoms with Gasteiger partial charge in [-0.2, -0.15) is 11.8 Å². The largest absolute Gasteiger partial charge is 0.390 e. The number of nitrogens with two attached hydrogens (primary N) is 1. The highest BCUT2D eigenvalue weighted by atomic mass is 32.2. The Morgan fingerprint density at radius 3 is 1.94 bits per heavy atom. The van der Waals surface area contributed by atoms with E-state index in [1.165, 1.54) is 16.8 Å². The molecule has 0 fully saturated rings. The molecule has 0 aliphatic heterocycles. The zero-order chi connectivity index (χ0) is 27.3. The molecule has 3 amide bonds. The van der Waals surface area contributed by atoms with Crippen molar-refractivity contribution >= 4 is 29.5 Å². The average Bonchev–Trinajstić information content (AvgIpc) is 2.71. The van der Waals surface area contributed by atoms with Gasteiger partial charge in [-0.05, 0) is 50.8 Å². The summed E-state index contributed by atoms with van der Waals surface area (Å²) in [5, 5.41) is 10.2. The van der Waals surface area contributed by atoms with Gasteiger partial charge in [0.2, 0.25) is 17.7 Å². The fourth-order valence-electron chi connectivity index (χ4n) is 4.08. The molecule has 35 heavy (non-hydrogen) atoms. The van der Waals surface area contributed by atoms with Gasteiger partial charge in [-0.3, -0.25) is 14.4 Å². The van der Waals surface area contributed by atoms with Gasteiger partial charge >= 0.3 is 0 Å². The number of aliphatic hydroxyl groups is 1. The summed E-state index contributed by atoms with van der Waals surface area (Å²) in [4.78, 5) is 43.5. The molecule has 0 saturated heterocycles. The van der Waals surface area contributed by atoms with E-state index in [4.69, 9.17) is 5.73 Å². The monoisotopic (exact) mass is 516 g/mol. The zero-order valence-electron chi connectivity index (χ0n) is 23.7. The number of amides is 3. The number of primary amides is 1. The molecule has 0 radical (unpaired) electrons. The van der Waals surface area contributed by atoms with E-state index in [1.807, 2.05) is 6.92 Å². The number of hydrogen-bond acceptors (Lipinski definition) is 6. The molecule has 0 aliphatic rings. The highest BCUT2D eigenvalue weighted by Crippen LogP contribution is 2.19. The summed E-state index contributed by atoms with van der Waals surface area (Å²) in [6.45, 7) is 17.1. The predicted molar refractivity (Wildman–Crippen MR) is 146 cm³/mol. The van der Waals surface area contributed by atoms with Crippen molar-refractivity contribution < 1.29 is 19.5 Å². The van der Waals surface area contributed by atoms with Crippen LogP contribution in [0.25, 0.3) is 0 Å². The van der Waals surface area contributed by atoms with E-state index < -0.39 is 23.6 Å². The van der Waals surface area contributed by atoms with Gasteiger partial charge in [-0.1, -0.05) is 34.6 Å². The molecular formula is C26H52N4O4S. The quantitative estimate of drug-likeness (QED) is 0.271. The van der Waals surface area contributed by atoms with Crippen LogP contribution < -0.4 is 5.73 Å². The number of thioether (sulfide) groups is 1. The summed E-state index contributed by atoms with van der Waals surface area (Å²) in [7, 11) is 3.17. The van der Waals surface area contributed by atoms with Gasteiger partial charge in [0.15, 0.2) is 0 Å². The van der Waals surface area contributed by atoms with E-state index in [0.717, 1.165) is 31.8 Å². The summed E-state index contributed by atoms with van der Waals surface area (Å²) >= 11 is 1.65. The van der Waals surface area contributed by atoms with Crippen molar-refractivity contribution in [1.82, 2.24) is 14.7 Å². The molecule has 0 unspecified atom stereocenters. The van der Waals surface area contributed by atoms with Crippen LogP contribution in [0.1, 0.15) is 74.1 Å². The molecule has 0 bridgehead atoms. The van der Waals surface area contributed by atoms with E-state index in [2.05, 4.69) is 32.6 Å². The third kappa shape index (κ3) is 14.1. The van der Waals surface area contributed by atoms with Crippen LogP contribution in [0.15, 0.2) is 0 Å². The molecule has 9 heteroatoms. The lowest BCUT2D eigenvalue weighted by atomic mass is 9.97. The van der Waals surface area contributed by atoms with Crippen LogP contribution in [-0.4, -0.2) is 100 Å². The first-order chi connectivity index (χ1) is 16.1. The van der Waals surface area contributed by atoms with Crippen LogP contribution in [0.4, 0.5) is 0 Å². The number of rotatable bonds is 18. The third-order valence-corrected chi connectivity index (χ3v) is 6.86. The van der Waals surface area contributed by atoms with Crippen molar-refractivity contribution in [2.75, 3.05) is 45.2 Å². The van der Waals surface area contributed by atoms with Crippen LogP contribution in [0.5, 0.6) is 0 Å². The molecule has 8 nitrogen and oxygen atoms in total. The van der Waals surface area contributed by atoms with Crippen LogP contribution in [-0.2, 0) is 14.4 Å². The maximum absolute atomic E-state index is 13.5. The van der Waals surface area contributed by atoms with Crippen LogP contribution in [0, 0.1) is 11.8 Å². The fraction of sp³-hybridized carbons (Fsp3) is 0.885. The van der Waals surface area contributed by atoms with Crippen molar-refractivity contribution in [2.24, 2.45) is 17.6 Å². The number of carbonyl (C=O) groups is 3. The summed E-state index contributed by atoms with van der Waals surface area (Å²) in [5.41, 5.74) is 4.40. The maximum Gasteiger partial charge on any atom is 0.246 e. The lowest BCUT2D eigenvalue weighted by Gasteiger charge is -2.35. The number of carbonyl (C=O) groups excluding carboxylic acids is 3. The molecule has 3 N–H and O–H groups in total. The number of hydrogen-bond donors (Lipinski definition) is 2. The lowest BCUT2D eigenvalue weighted by molar-refractivity contribution is -0.147. The van der Waals surface area contributed by atoms with E-state index in [-0.39, 0.29) is 18.2 Å². The first-order valence-corrected chi connectivity index (χ1v) is 14.1. The van der Waals surface area contributed by atoms with Crippen LogP contribution in [0.3, 0.4) is 0 Å². The van der Waals surface area contributed by atoms with E-state index in [9.17, 15) is 19.5 Å². The van der Waals surface area contributed by atoms with Crippen molar-refractivity contribution in [3.05, 3.63) is 0 Å². The number of likely N-dealkylation sites (N-methyl/N-ethyl adjacent to an activating group) is 2. The second-order valence-corrected chi connectivity index (χ2v) is 12.3. The van der Waals surface area contributed by atoms with Gasteiger partial charge < -0.3 is 25.5 Å². The Balaban J connectivity index is 5.31. The van der Waals surface area contributed by atoms with Gasteiger partial charge in [0, 0.05) is 45.8 Å². The molecule has 206 valence electrons. The zero-order valence-corrected chi connectivity index (χ0v) is 24.5. The molecule has 0 heterocycles. The van der Waals surface area contributed by atoms with Gasteiger partial charge in [0.05, 0.1) is 5.60 Å². The summed E-state index contributed by atoms with van der Waals surface area (Å²) in [5.74, 6) is 1.43.